The van der Waals surface area contributed by atoms with Gasteiger partial charge in [-0.15, -0.1) is 0 Å². The van der Waals surface area contributed by atoms with Crippen LogP contribution >= 0.6 is 0 Å². The summed E-state index contributed by atoms with van der Waals surface area (Å²) in [5.74, 6) is -8.87. The average molecular weight is 847 g/mol. The Morgan fingerprint density at radius 2 is 1.70 bits per heavy atom. The van der Waals surface area contributed by atoms with E-state index in [-0.39, 0.29) is 65.5 Å². The first kappa shape index (κ1) is 40.9. The van der Waals surface area contributed by atoms with Gasteiger partial charge in [0.05, 0.1) is 40.2 Å². The van der Waals surface area contributed by atoms with Gasteiger partial charge in [0.15, 0.2) is 11.5 Å². The number of allylic oxidation sites excluding steroid dienone is 3. The van der Waals surface area contributed by atoms with Crippen molar-refractivity contribution in [3.8, 4) is 0 Å². The molecule has 61 heavy (non-hydrogen) atoms. The SMILES string of the molecule is CC(C)(O)c1c(NC(=O)c2cccc(C3CC3(F)F)n2)cn2cc(C3CCN(CC4CCN(C5=C(F)C=C6C(=O)N(C7CCC(=O)NC7=O)C(=O)C6C5)CC4)CC3)nc2c1F. The number of fused-ring (bicyclic) bond motifs is 2. The van der Waals surface area contributed by atoms with E-state index in [9.17, 15) is 37.9 Å². The third kappa shape index (κ3) is 7.61. The highest BCUT2D eigenvalue weighted by atomic mass is 19.3. The Balaban J connectivity index is 0.804. The zero-order valence-electron chi connectivity index (χ0n) is 33.7. The van der Waals surface area contributed by atoms with Crippen LogP contribution in [-0.2, 0) is 24.8 Å². The molecule has 9 rings (SSSR count). The number of amides is 5. The number of imidazole rings is 1. The number of piperidine rings is 3. The summed E-state index contributed by atoms with van der Waals surface area (Å²) in [7, 11) is 0. The Labute approximate surface area is 348 Å². The van der Waals surface area contributed by atoms with E-state index in [1.807, 2.05) is 4.90 Å². The van der Waals surface area contributed by atoms with Gasteiger partial charge in [-0.3, -0.25) is 34.2 Å². The highest BCUT2D eigenvalue weighted by molar-refractivity contribution is 6.18. The number of pyridine rings is 2. The van der Waals surface area contributed by atoms with E-state index in [2.05, 4.69) is 25.5 Å². The minimum absolute atomic E-state index is 0.00134. The second-order valence-electron chi connectivity index (χ2n) is 17.7. The zero-order chi connectivity index (χ0) is 43.1. The predicted octanol–water partition coefficient (Wildman–Crippen LogP) is 4.66. The number of carbonyl (C=O) groups is 5. The molecule has 5 amide bonds. The summed E-state index contributed by atoms with van der Waals surface area (Å²) in [6.45, 7) is 6.38. The quantitative estimate of drug-likeness (QED) is 0.204. The van der Waals surface area contributed by atoms with Gasteiger partial charge in [0, 0.05) is 68.3 Å². The highest BCUT2D eigenvalue weighted by Gasteiger charge is 2.58. The number of rotatable bonds is 9. The fourth-order valence-electron chi connectivity index (χ4n) is 9.71. The molecule has 14 nitrogen and oxygen atoms in total. The summed E-state index contributed by atoms with van der Waals surface area (Å²) in [6, 6.07) is 3.21. The van der Waals surface area contributed by atoms with Gasteiger partial charge in [-0.25, -0.2) is 27.5 Å². The molecule has 5 fully saturated rings. The number of hydrogen-bond donors (Lipinski definition) is 3. The van der Waals surface area contributed by atoms with Crippen molar-refractivity contribution in [3.63, 3.8) is 0 Å². The molecule has 0 aromatic carbocycles. The predicted molar refractivity (Wildman–Crippen MR) is 210 cm³/mol. The van der Waals surface area contributed by atoms with Gasteiger partial charge in [0.25, 0.3) is 17.7 Å². The minimum atomic E-state index is -2.86. The van der Waals surface area contributed by atoms with Crippen LogP contribution in [0.4, 0.5) is 23.2 Å². The Morgan fingerprint density at radius 1 is 0.984 bits per heavy atom. The average Bonchev–Trinajstić information content (AvgIpc) is 3.52. The second-order valence-corrected chi connectivity index (χ2v) is 17.7. The van der Waals surface area contributed by atoms with Crippen molar-refractivity contribution in [2.24, 2.45) is 11.8 Å². The highest BCUT2D eigenvalue weighted by Crippen LogP contribution is 2.55. The van der Waals surface area contributed by atoms with E-state index in [1.54, 1.807) is 6.20 Å². The summed E-state index contributed by atoms with van der Waals surface area (Å²) in [4.78, 5) is 78.0. The van der Waals surface area contributed by atoms with Crippen molar-refractivity contribution in [2.45, 2.75) is 94.6 Å². The minimum Gasteiger partial charge on any atom is -0.386 e. The molecular weight excluding hydrogens is 801 g/mol. The number of anilines is 1. The topological polar surface area (TPSA) is 170 Å². The second kappa shape index (κ2) is 15.1. The molecule has 322 valence electrons. The number of nitrogens with one attached hydrogen (secondary N) is 2. The fourth-order valence-corrected chi connectivity index (χ4v) is 9.71. The number of hydrogen-bond acceptors (Lipinski definition) is 10. The lowest BCUT2D eigenvalue weighted by Gasteiger charge is -2.39. The third-order valence-corrected chi connectivity index (χ3v) is 13.1. The van der Waals surface area contributed by atoms with Crippen molar-refractivity contribution >= 4 is 40.9 Å². The molecule has 1 saturated carbocycles. The standard InChI is InChI=1S/C43H46F4N8O6/c1-42(2,61)35-31(50-38(57)29-5-3-4-28(48-29)26-18-43(26,46)47)21-54-20-30(49-37(54)36(35)45)23-10-12-52(13-11-23)19-22-8-14-53(15-9-22)33-17-25-24(16-27(33)44)40(59)55(41(25)60)32-6-7-34(56)51-39(32)58/h3-5,16,20-23,25-26,32,61H,6-15,17-19H2,1-2H3,(H,50,57)(H,51,56,58). The summed E-state index contributed by atoms with van der Waals surface area (Å²) in [5.41, 5.74) is -0.785. The van der Waals surface area contributed by atoms with Crippen LogP contribution < -0.4 is 10.6 Å². The third-order valence-electron chi connectivity index (χ3n) is 13.1. The van der Waals surface area contributed by atoms with E-state index >= 15 is 8.78 Å². The van der Waals surface area contributed by atoms with Crippen molar-refractivity contribution in [1.29, 1.82) is 0 Å². The molecule has 3 aromatic rings. The van der Waals surface area contributed by atoms with Crippen LogP contribution in [0.3, 0.4) is 0 Å². The Morgan fingerprint density at radius 3 is 2.38 bits per heavy atom. The number of aliphatic hydroxyl groups is 1. The Hall–Kier alpha value is -5.49. The van der Waals surface area contributed by atoms with Crippen molar-refractivity contribution < 1.29 is 46.6 Å². The number of carbonyl (C=O) groups excluding carboxylic acids is 5. The maximum Gasteiger partial charge on any atom is 0.274 e. The number of likely N-dealkylation sites (tertiary alicyclic amines) is 3. The number of halogens is 4. The summed E-state index contributed by atoms with van der Waals surface area (Å²) in [5, 5.41) is 15.8. The molecule has 0 spiro atoms. The van der Waals surface area contributed by atoms with Gasteiger partial charge < -0.3 is 24.6 Å². The molecule has 7 heterocycles. The molecule has 2 aliphatic carbocycles. The van der Waals surface area contributed by atoms with Gasteiger partial charge >= 0.3 is 0 Å². The normalized spacial score (nSPS) is 25.3. The smallest absolute Gasteiger partial charge is 0.274 e. The van der Waals surface area contributed by atoms with Crippen LogP contribution in [0, 0.1) is 17.7 Å². The van der Waals surface area contributed by atoms with E-state index in [4.69, 9.17) is 0 Å². The Kier molecular flexibility index (Phi) is 10.2. The largest absolute Gasteiger partial charge is 0.386 e. The molecule has 18 heteroatoms. The lowest BCUT2D eigenvalue weighted by Crippen LogP contribution is -2.54. The van der Waals surface area contributed by atoms with Crippen LogP contribution in [0.1, 0.15) is 104 Å². The number of imide groups is 2. The zero-order valence-corrected chi connectivity index (χ0v) is 33.7. The summed E-state index contributed by atoms with van der Waals surface area (Å²) < 4.78 is 60.7. The first-order chi connectivity index (χ1) is 29.0. The lowest BCUT2D eigenvalue weighted by molar-refractivity contribution is -0.150. The number of nitrogens with zero attached hydrogens (tertiary/aromatic N) is 6. The van der Waals surface area contributed by atoms with Crippen LogP contribution in [-0.4, -0.2) is 108 Å². The van der Waals surface area contributed by atoms with E-state index in [0.29, 0.717) is 30.4 Å². The van der Waals surface area contributed by atoms with Gasteiger partial charge in [0.1, 0.15) is 17.6 Å². The van der Waals surface area contributed by atoms with Crippen LogP contribution in [0.5, 0.6) is 0 Å². The van der Waals surface area contributed by atoms with E-state index < -0.39 is 70.6 Å². The van der Waals surface area contributed by atoms with Gasteiger partial charge in [-0.05, 0) is 83.2 Å². The maximum absolute atomic E-state index is 16.2. The molecule has 6 aliphatic rings. The van der Waals surface area contributed by atoms with Crippen LogP contribution in [0.2, 0.25) is 0 Å². The molecule has 3 aromatic heterocycles. The molecular formula is C43H46F4N8O6. The van der Waals surface area contributed by atoms with Crippen LogP contribution in [0.25, 0.3) is 5.65 Å². The molecule has 0 radical (unpaired) electrons. The fraction of sp³-hybridized carbons (Fsp3) is 0.512. The molecule has 4 aliphatic heterocycles. The molecule has 3 unspecified atom stereocenters. The lowest BCUT2D eigenvalue weighted by atomic mass is 9.88. The summed E-state index contributed by atoms with van der Waals surface area (Å²) >= 11 is 0. The molecule has 0 bridgehead atoms. The van der Waals surface area contributed by atoms with E-state index in [1.165, 1.54) is 42.6 Å². The molecule has 3 N–H and O–H groups in total. The monoisotopic (exact) mass is 846 g/mol. The van der Waals surface area contributed by atoms with Crippen molar-refractivity contribution in [1.82, 2.24) is 34.4 Å². The van der Waals surface area contributed by atoms with Crippen molar-refractivity contribution in [3.05, 3.63) is 82.2 Å². The molecule has 4 saturated heterocycles. The summed E-state index contributed by atoms with van der Waals surface area (Å²) in [6.07, 6.45) is 7.24. The first-order valence-electron chi connectivity index (χ1n) is 20.9. The number of alkyl halides is 2. The first-order valence-corrected chi connectivity index (χ1v) is 20.9. The van der Waals surface area contributed by atoms with Gasteiger partial charge in [-0.2, -0.15) is 0 Å². The van der Waals surface area contributed by atoms with Crippen LogP contribution in [0.15, 0.2) is 53.8 Å². The maximum atomic E-state index is 16.2. The van der Waals surface area contributed by atoms with Gasteiger partial charge in [-0.1, -0.05) is 6.07 Å². The Bertz CT molecular complexity index is 2430. The number of aromatic nitrogens is 3. The van der Waals surface area contributed by atoms with Gasteiger partial charge in [0.2, 0.25) is 17.7 Å². The van der Waals surface area contributed by atoms with E-state index in [0.717, 1.165) is 56.3 Å². The molecule has 3 atom stereocenters. The van der Waals surface area contributed by atoms with Crippen molar-refractivity contribution in [2.75, 3.05) is 38.0 Å².